The molecule has 0 atom stereocenters. The smallest absolute Gasteiger partial charge is 0.193 e. The van der Waals surface area contributed by atoms with Crippen molar-refractivity contribution in [1.82, 2.24) is 4.90 Å². The lowest BCUT2D eigenvalue weighted by Gasteiger charge is -2.14. The maximum atomic E-state index is 12.6. The van der Waals surface area contributed by atoms with Crippen LogP contribution in [0, 0.1) is 13.8 Å². The second-order valence-corrected chi connectivity index (χ2v) is 6.39. The minimum atomic E-state index is 0.111. The van der Waals surface area contributed by atoms with Gasteiger partial charge >= 0.3 is 0 Å². The van der Waals surface area contributed by atoms with Crippen LogP contribution in [0.15, 0.2) is 42.5 Å². The number of carbonyl (C=O) groups excluding carboxylic acids is 1. The summed E-state index contributed by atoms with van der Waals surface area (Å²) >= 11 is 0. The summed E-state index contributed by atoms with van der Waals surface area (Å²) in [7, 11) is 0. The topological polar surface area (TPSA) is 20.3 Å². The summed E-state index contributed by atoms with van der Waals surface area (Å²) in [5, 5.41) is 0. The average molecular weight is 293 g/mol. The molecule has 0 radical (unpaired) electrons. The number of rotatable bonds is 4. The quantitative estimate of drug-likeness (QED) is 0.790. The minimum absolute atomic E-state index is 0.111. The monoisotopic (exact) mass is 293 g/mol. The summed E-state index contributed by atoms with van der Waals surface area (Å²) < 4.78 is 0. The molecule has 0 N–H and O–H groups in total. The molecule has 0 aliphatic carbocycles. The van der Waals surface area contributed by atoms with Crippen molar-refractivity contribution in [1.29, 1.82) is 0 Å². The summed E-state index contributed by atoms with van der Waals surface area (Å²) in [6, 6.07) is 14.1. The van der Waals surface area contributed by atoms with Gasteiger partial charge in [0, 0.05) is 17.7 Å². The molecule has 1 aliphatic rings. The van der Waals surface area contributed by atoms with Crippen molar-refractivity contribution in [2.24, 2.45) is 0 Å². The Kier molecular flexibility index (Phi) is 4.39. The van der Waals surface area contributed by atoms with E-state index in [1.807, 2.05) is 38.1 Å². The third kappa shape index (κ3) is 3.45. The zero-order chi connectivity index (χ0) is 15.5. The number of hydrogen-bond donors (Lipinski definition) is 0. The number of nitrogens with zero attached hydrogens (tertiary/aromatic N) is 1. The number of hydrogen-bond acceptors (Lipinski definition) is 2. The van der Waals surface area contributed by atoms with Crippen molar-refractivity contribution < 1.29 is 4.79 Å². The van der Waals surface area contributed by atoms with Crippen LogP contribution in [0.2, 0.25) is 0 Å². The van der Waals surface area contributed by atoms with Crippen molar-refractivity contribution >= 4 is 5.78 Å². The second-order valence-electron chi connectivity index (χ2n) is 6.39. The van der Waals surface area contributed by atoms with E-state index in [0.29, 0.717) is 0 Å². The largest absolute Gasteiger partial charge is 0.299 e. The van der Waals surface area contributed by atoms with Crippen molar-refractivity contribution in [3.05, 3.63) is 70.3 Å². The molecule has 114 valence electrons. The third-order valence-corrected chi connectivity index (χ3v) is 4.30. The SMILES string of the molecule is Cc1cc(C)cc(C(=O)c2ccc(CN3CCCC3)cc2)c1. The van der Waals surface area contributed by atoms with Gasteiger partial charge in [-0.25, -0.2) is 0 Å². The van der Waals surface area contributed by atoms with E-state index in [9.17, 15) is 4.79 Å². The average Bonchev–Trinajstić information content (AvgIpc) is 2.99. The predicted octanol–water partition coefficient (Wildman–Crippen LogP) is 4.13. The fourth-order valence-corrected chi connectivity index (χ4v) is 3.23. The molecular weight excluding hydrogens is 270 g/mol. The van der Waals surface area contributed by atoms with Gasteiger partial charge in [0.1, 0.15) is 0 Å². The van der Waals surface area contributed by atoms with Crippen molar-refractivity contribution in [2.45, 2.75) is 33.2 Å². The number of benzene rings is 2. The van der Waals surface area contributed by atoms with E-state index in [1.54, 1.807) is 0 Å². The molecule has 2 heteroatoms. The molecule has 2 aromatic rings. The molecule has 1 fully saturated rings. The van der Waals surface area contributed by atoms with E-state index in [0.717, 1.165) is 28.8 Å². The standard InChI is InChI=1S/C20H23NO/c1-15-11-16(2)13-19(12-15)20(22)18-7-5-17(6-8-18)14-21-9-3-4-10-21/h5-8,11-13H,3-4,9-10,14H2,1-2H3. The molecule has 1 aliphatic heterocycles. The van der Waals surface area contributed by atoms with E-state index in [2.05, 4.69) is 23.1 Å². The van der Waals surface area contributed by atoms with Crippen LogP contribution in [0.3, 0.4) is 0 Å². The molecule has 1 heterocycles. The van der Waals surface area contributed by atoms with Crippen LogP contribution in [-0.2, 0) is 6.54 Å². The maximum Gasteiger partial charge on any atom is 0.193 e. The Morgan fingerprint density at radius 1 is 0.909 bits per heavy atom. The molecule has 22 heavy (non-hydrogen) atoms. The summed E-state index contributed by atoms with van der Waals surface area (Å²) in [5.41, 5.74) is 5.11. The molecule has 0 amide bonds. The Labute approximate surface area is 132 Å². The van der Waals surface area contributed by atoms with Gasteiger partial charge in [-0.3, -0.25) is 9.69 Å². The second kappa shape index (κ2) is 6.45. The fourth-order valence-electron chi connectivity index (χ4n) is 3.23. The Balaban J connectivity index is 1.75. The molecule has 2 nitrogen and oxygen atoms in total. The Morgan fingerprint density at radius 3 is 2.09 bits per heavy atom. The van der Waals surface area contributed by atoms with Gasteiger partial charge < -0.3 is 0 Å². The van der Waals surface area contributed by atoms with E-state index in [-0.39, 0.29) is 5.78 Å². The third-order valence-electron chi connectivity index (χ3n) is 4.30. The lowest BCUT2D eigenvalue weighted by atomic mass is 9.98. The van der Waals surface area contributed by atoms with E-state index in [1.165, 1.54) is 31.5 Å². The summed E-state index contributed by atoms with van der Waals surface area (Å²) in [6.45, 7) is 7.45. The highest BCUT2D eigenvalue weighted by Crippen LogP contribution is 2.17. The van der Waals surface area contributed by atoms with Gasteiger partial charge in [-0.2, -0.15) is 0 Å². The lowest BCUT2D eigenvalue weighted by molar-refractivity contribution is 0.103. The zero-order valence-corrected chi connectivity index (χ0v) is 13.4. The minimum Gasteiger partial charge on any atom is -0.299 e. The van der Waals surface area contributed by atoms with Gasteiger partial charge in [-0.1, -0.05) is 41.5 Å². The summed E-state index contributed by atoms with van der Waals surface area (Å²) in [4.78, 5) is 15.1. The molecule has 0 spiro atoms. The van der Waals surface area contributed by atoms with Crippen LogP contribution < -0.4 is 0 Å². The fraction of sp³-hybridized carbons (Fsp3) is 0.350. The van der Waals surface area contributed by atoms with Gasteiger partial charge in [0.25, 0.3) is 0 Å². The molecule has 1 saturated heterocycles. The van der Waals surface area contributed by atoms with Gasteiger partial charge in [0.05, 0.1) is 0 Å². The van der Waals surface area contributed by atoms with Crippen LogP contribution >= 0.6 is 0 Å². The van der Waals surface area contributed by atoms with E-state index in [4.69, 9.17) is 0 Å². The van der Waals surface area contributed by atoms with Crippen molar-refractivity contribution in [3.8, 4) is 0 Å². The number of likely N-dealkylation sites (tertiary alicyclic amines) is 1. The number of aryl methyl sites for hydroxylation is 2. The van der Waals surface area contributed by atoms with Gasteiger partial charge in [0.15, 0.2) is 5.78 Å². The van der Waals surface area contributed by atoms with Crippen molar-refractivity contribution in [3.63, 3.8) is 0 Å². The van der Waals surface area contributed by atoms with Gasteiger partial charge in [0.2, 0.25) is 0 Å². The molecule has 3 rings (SSSR count). The Hall–Kier alpha value is -1.93. The highest BCUT2D eigenvalue weighted by molar-refractivity contribution is 6.09. The highest BCUT2D eigenvalue weighted by atomic mass is 16.1. The normalized spacial score (nSPS) is 15.2. The predicted molar refractivity (Wildman–Crippen MR) is 90.3 cm³/mol. The van der Waals surface area contributed by atoms with Crippen LogP contribution in [0.25, 0.3) is 0 Å². The maximum absolute atomic E-state index is 12.6. The first-order valence-electron chi connectivity index (χ1n) is 8.06. The first-order chi connectivity index (χ1) is 10.6. The molecule has 0 aromatic heterocycles. The van der Waals surface area contributed by atoms with Crippen molar-refractivity contribution in [2.75, 3.05) is 13.1 Å². The highest BCUT2D eigenvalue weighted by Gasteiger charge is 2.13. The Morgan fingerprint density at radius 2 is 1.50 bits per heavy atom. The lowest BCUT2D eigenvalue weighted by Crippen LogP contribution is -2.18. The summed E-state index contributed by atoms with van der Waals surface area (Å²) in [5.74, 6) is 0.111. The van der Waals surface area contributed by atoms with E-state index >= 15 is 0 Å². The summed E-state index contributed by atoms with van der Waals surface area (Å²) in [6.07, 6.45) is 2.62. The molecular formula is C20H23NO. The van der Waals surface area contributed by atoms with Crippen LogP contribution in [-0.4, -0.2) is 23.8 Å². The molecule has 2 aromatic carbocycles. The van der Waals surface area contributed by atoms with Crippen LogP contribution in [0.1, 0.15) is 45.5 Å². The first-order valence-corrected chi connectivity index (χ1v) is 8.06. The zero-order valence-electron chi connectivity index (χ0n) is 13.4. The molecule has 0 bridgehead atoms. The number of carbonyl (C=O) groups is 1. The van der Waals surface area contributed by atoms with Crippen LogP contribution in [0.4, 0.5) is 0 Å². The molecule has 0 unspecified atom stereocenters. The van der Waals surface area contributed by atoms with Gasteiger partial charge in [-0.15, -0.1) is 0 Å². The van der Waals surface area contributed by atoms with E-state index < -0.39 is 0 Å². The number of ketones is 1. The first kappa shape index (κ1) is 15.0. The molecule has 0 saturated carbocycles. The van der Waals surface area contributed by atoms with Crippen LogP contribution in [0.5, 0.6) is 0 Å². The van der Waals surface area contributed by atoms with Gasteiger partial charge in [-0.05, 0) is 57.5 Å². The Bertz CT molecular complexity index is 646.